The summed E-state index contributed by atoms with van der Waals surface area (Å²) >= 11 is 0. The molecule has 0 saturated carbocycles. The topological polar surface area (TPSA) is 52.1 Å². The molecule has 2 aliphatic rings. The maximum atomic E-state index is 5.41. The van der Waals surface area contributed by atoms with Crippen LogP contribution in [0.4, 0.5) is 0 Å². The minimum absolute atomic E-state index is 0.542. The van der Waals surface area contributed by atoms with E-state index in [1.165, 1.54) is 25.9 Å². The number of aliphatic imine (C=N–C) groups is 1. The van der Waals surface area contributed by atoms with Crippen molar-refractivity contribution in [2.24, 2.45) is 10.9 Å². The molecule has 0 amide bonds. The first-order valence-corrected chi connectivity index (χ1v) is 9.59. The minimum Gasteiger partial charge on any atom is -0.379 e. The van der Waals surface area contributed by atoms with Crippen LogP contribution in [0.5, 0.6) is 0 Å². The Bertz CT molecular complexity index is 374. The minimum atomic E-state index is 0.542. The molecule has 2 aliphatic heterocycles. The van der Waals surface area contributed by atoms with Crippen molar-refractivity contribution in [3.05, 3.63) is 0 Å². The molecule has 140 valence electrons. The molecule has 2 saturated heterocycles. The van der Waals surface area contributed by atoms with Gasteiger partial charge in [0, 0.05) is 58.4 Å². The van der Waals surface area contributed by atoms with E-state index in [-0.39, 0.29) is 0 Å². The largest absolute Gasteiger partial charge is 0.379 e. The van der Waals surface area contributed by atoms with Crippen LogP contribution in [0.15, 0.2) is 4.99 Å². The van der Waals surface area contributed by atoms with Crippen LogP contribution in [-0.4, -0.2) is 87.4 Å². The van der Waals surface area contributed by atoms with Gasteiger partial charge in [-0.1, -0.05) is 6.92 Å². The third kappa shape index (κ3) is 6.57. The van der Waals surface area contributed by atoms with E-state index in [1.807, 2.05) is 7.05 Å². The number of nitrogens with one attached hydrogen (secondary N) is 2. The molecule has 2 fully saturated rings. The van der Waals surface area contributed by atoms with Crippen LogP contribution in [0.3, 0.4) is 0 Å². The Kier molecular flexibility index (Phi) is 8.29. The van der Waals surface area contributed by atoms with Crippen molar-refractivity contribution in [1.82, 2.24) is 20.4 Å². The first kappa shape index (κ1) is 19.5. The second-order valence-corrected chi connectivity index (χ2v) is 7.52. The fourth-order valence-electron chi connectivity index (χ4n) is 3.51. The molecular weight excluding hydrogens is 302 g/mol. The molecule has 0 bridgehead atoms. The molecule has 2 N–H and O–H groups in total. The molecule has 0 radical (unpaired) electrons. The molecular formula is C18H37N5O. The highest BCUT2D eigenvalue weighted by Crippen LogP contribution is 2.12. The summed E-state index contributed by atoms with van der Waals surface area (Å²) in [6, 6.07) is 1.20. The van der Waals surface area contributed by atoms with E-state index < -0.39 is 0 Å². The smallest absolute Gasteiger partial charge is 0.191 e. The predicted octanol–water partition coefficient (Wildman–Crippen LogP) is 0.993. The lowest BCUT2D eigenvalue weighted by atomic mass is 10.0. The van der Waals surface area contributed by atoms with Crippen LogP contribution in [0, 0.1) is 5.92 Å². The van der Waals surface area contributed by atoms with Gasteiger partial charge < -0.3 is 20.3 Å². The highest BCUT2D eigenvalue weighted by molar-refractivity contribution is 5.79. The van der Waals surface area contributed by atoms with E-state index in [1.54, 1.807) is 0 Å². The van der Waals surface area contributed by atoms with Gasteiger partial charge in [-0.05, 0) is 32.6 Å². The Morgan fingerprint density at radius 1 is 1.12 bits per heavy atom. The number of likely N-dealkylation sites (tertiary alicyclic amines) is 1. The molecule has 0 aromatic heterocycles. The number of guanidine groups is 1. The lowest BCUT2D eigenvalue weighted by Crippen LogP contribution is -2.50. The Hall–Kier alpha value is -0.850. The zero-order chi connectivity index (χ0) is 17.4. The number of piperidine rings is 1. The van der Waals surface area contributed by atoms with E-state index in [0.717, 1.165) is 45.4 Å². The van der Waals surface area contributed by atoms with Crippen molar-refractivity contribution in [2.45, 2.75) is 45.7 Å². The number of ether oxygens (including phenoxy) is 1. The summed E-state index contributed by atoms with van der Waals surface area (Å²) in [5, 5.41) is 7.11. The SMILES string of the molecule is CN=C(NCC(C)CN1CCOCC1)NC1CCN(C(C)C)CC1. The molecule has 0 aromatic carbocycles. The van der Waals surface area contributed by atoms with Gasteiger partial charge in [-0.3, -0.25) is 9.89 Å². The standard InChI is InChI=1S/C18H37N5O/c1-15(2)23-7-5-17(6-8-23)21-18(19-4)20-13-16(3)14-22-9-11-24-12-10-22/h15-17H,5-14H2,1-4H3,(H2,19,20,21). The second-order valence-electron chi connectivity index (χ2n) is 7.52. The average Bonchev–Trinajstić information content (AvgIpc) is 2.60. The Morgan fingerprint density at radius 3 is 2.38 bits per heavy atom. The fraction of sp³-hybridized carbons (Fsp3) is 0.944. The van der Waals surface area contributed by atoms with Gasteiger partial charge in [-0.15, -0.1) is 0 Å². The zero-order valence-corrected chi connectivity index (χ0v) is 16.1. The van der Waals surface area contributed by atoms with Crippen LogP contribution >= 0.6 is 0 Å². The highest BCUT2D eigenvalue weighted by atomic mass is 16.5. The zero-order valence-electron chi connectivity index (χ0n) is 16.1. The number of hydrogen-bond donors (Lipinski definition) is 2. The van der Waals surface area contributed by atoms with Crippen molar-refractivity contribution in [3.8, 4) is 0 Å². The lowest BCUT2D eigenvalue weighted by Gasteiger charge is -2.35. The maximum Gasteiger partial charge on any atom is 0.191 e. The summed E-state index contributed by atoms with van der Waals surface area (Å²) < 4.78 is 5.41. The Balaban J connectivity index is 1.65. The summed E-state index contributed by atoms with van der Waals surface area (Å²) in [6.07, 6.45) is 2.39. The lowest BCUT2D eigenvalue weighted by molar-refractivity contribution is 0.0320. The fourth-order valence-corrected chi connectivity index (χ4v) is 3.51. The molecule has 6 heteroatoms. The summed E-state index contributed by atoms with van der Waals surface area (Å²) in [5.41, 5.74) is 0. The number of rotatable bonds is 6. The number of hydrogen-bond acceptors (Lipinski definition) is 4. The summed E-state index contributed by atoms with van der Waals surface area (Å²) in [5.74, 6) is 1.55. The summed E-state index contributed by atoms with van der Waals surface area (Å²) in [4.78, 5) is 9.45. The van der Waals surface area contributed by atoms with Crippen molar-refractivity contribution >= 4 is 5.96 Å². The summed E-state index contributed by atoms with van der Waals surface area (Å²) in [7, 11) is 1.87. The molecule has 1 unspecified atom stereocenters. The molecule has 24 heavy (non-hydrogen) atoms. The summed E-state index contributed by atoms with van der Waals surface area (Å²) in [6.45, 7) is 15.2. The third-order valence-corrected chi connectivity index (χ3v) is 5.12. The normalized spacial score (nSPS) is 23.5. The monoisotopic (exact) mass is 339 g/mol. The van der Waals surface area contributed by atoms with Crippen LogP contribution < -0.4 is 10.6 Å². The van der Waals surface area contributed by atoms with Crippen molar-refractivity contribution < 1.29 is 4.74 Å². The molecule has 2 heterocycles. The molecule has 2 rings (SSSR count). The van der Waals surface area contributed by atoms with Gasteiger partial charge in [0.25, 0.3) is 0 Å². The first-order chi connectivity index (χ1) is 11.6. The van der Waals surface area contributed by atoms with Crippen LogP contribution in [0.25, 0.3) is 0 Å². The molecule has 0 aliphatic carbocycles. The van der Waals surface area contributed by atoms with E-state index in [4.69, 9.17) is 4.74 Å². The highest BCUT2D eigenvalue weighted by Gasteiger charge is 2.21. The Labute approximate surface area is 148 Å². The number of morpholine rings is 1. The van der Waals surface area contributed by atoms with E-state index in [9.17, 15) is 0 Å². The van der Waals surface area contributed by atoms with Gasteiger partial charge in [0.2, 0.25) is 0 Å². The van der Waals surface area contributed by atoms with Crippen LogP contribution in [0.2, 0.25) is 0 Å². The molecule has 0 aromatic rings. The first-order valence-electron chi connectivity index (χ1n) is 9.59. The van der Waals surface area contributed by atoms with E-state index >= 15 is 0 Å². The van der Waals surface area contributed by atoms with Crippen LogP contribution in [0.1, 0.15) is 33.6 Å². The van der Waals surface area contributed by atoms with E-state index in [0.29, 0.717) is 18.0 Å². The molecule has 0 spiro atoms. The number of nitrogens with zero attached hydrogens (tertiary/aromatic N) is 3. The van der Waals surface area contributed by atoms with Crippen LogP contribution in [-0.2, 0) is 4.74 Å². The Morgan fingerprint density at radius 2 is 1.79 bits per heavy atom. The average molecular weight is 340 g/mol. The molecule has 1 atom stereocenters. The van der Waals surface area contributed by atoms with Crippen molar-refractivity contribution in [2.75, 3.05) is 59.5 Å². The van der Waals surface area contributed by atoms with Crippen molar-refractivity contribution in [3.63, 3.8) is 0 Å². The predicted molar refractivity (Wildman–Crippen MR) is 101 cm³/mol. The van der Waals surface area contributed by atoms with Crippen molar-refractivity contribution in [1.29, 1.82) is 0 Å². The second kappa shape index (κ2) is 10.2. The van der Waals surface area contributed by atoms with E-state index in [2.05, 4.69) is 46.2 Å². The third-order valence-electron chi connectivity index (χ3n) is 5.12. The van der Waals surface area contributed by atoms with Gasteiger partial charge in [-0.2, -0.15) is 0 Å². The maximum absolute atomic E-state index is 5.41. The van der Waals surface area contributed by atoms with Gasteiger partial charge >= 0.3 is 0 Å². The van der Waals surface area contributed by atoms with Gasteiger partial charge in [0.05, 0.1) is 13.2 Å². The van der Waals surface area contributed by atoms with Gasteiger partial charge in [0.1, 0.15) is 0 Å². The quantitative estimate of drug-likeness (QED) is 0.558. The van der Waals surface area contributed by atoms with Gasteiger partial charge in [-0.25, -0.2) is 0 Å². The van der Waals surface area contributed by atoms with Gasteiger partial charge in [0.15, 0.2) is 5.96 Å². The molecule has 6 nitrogen and oxygen atoms in total.